The van der Waals surface area contributed by atoms with E-state index < -0.39 is 35.3 Å². The van der Waals surface area contributed by atoms with Gasteiger partial charge in [-0.2, -0.15) is 0 Å². The number of hydrazine groups is 3. The summed E-state index contributed by atoms with van der Waals surface area (Å²) in [4.78, 5) is 46.2. The number of nitrogens with two attached hydrogens (primary N) is 3. The lowest BCUT2D eigenvalue weighted by atomic mass is 10.2. The van der Waals surface area contributed by atoms with Gasteiger partial charge in [-0.05, 0) is 18.2 Å². The van der Waals surface area contributed by atoms with Crippen LogP contribution in [-0.4, -0.2) is 35.3 Å². The van der Waals surface area contributed by atoms with Crippen LogP contribution in [0.5, 0.6) is 0 Å². The summed E-state index contributed by atoms with van der Waals surface area (Å²) in [6, 6.07) is 2.90. The van der Waals surface area contributed by atoms with Crippen LogP contribution in [-0.2, 0) is 14.5 Å². The highest BCUT2D eigenvalue weighted by atomic mass is 16.7. The third-order valence-corrected chi connectivity index (χ3v) is 2.96. The largest absolute Gasteiger partial charge is 0.277 e. The molecule has 0 saturated heterocycles. The Labute approximate surface area is 149 Å². The van der Waals surface area contributed by atoms with E-state index in [2.05, 4.69) is 14.5 Å². The number of benzene rings is 1. The molecular weight excluding hydrogens is 378 g/mol. The Kier molecular flexibility index (Phi) is 7.93. The molecule has 18 heteroatoms. The first kappa shape index (κ1) is 21.6. The zero-order valence-electron chi connectivity index (χ0n) is 13.4. The van der Waals surface area contributed by atoms with E-state index in [-0.39, 0.29) is 17.1 Å². The molecule has 0 atom stereocenters. The van der Waals surface area contributed by atoms with Gasteiger partial charge in [0.25, 0.3) is 0 Å². The summed E-state index contributed by atoms with van der Waals surface area (Å²) in [6.45, 7) is -2.31. The molecule has 0 unspecified atom stereocenters. The van der Waals surface area contributed by atoms with Gasteiger partial charge in [-0.1, -0.05) is 15.0 Å². The van der Waals surface area contributed by atoms with Crippen LogP contribution >= 0.6 is 0 Å². The third kappa shape index (κ3) is 5.53. The Morgan fingerprint density at radius 3 is 1.04 bits per heavy atom. The van der Waals surface area contributed by atoms with E-state index in [0.29, 0.717) is 15.0 Å². The Morgan fingerprint density at radius 2 is 0.889 bits per heavy atom. The second-order valence-electron chi connectivity index (χ2n) is 4.51. The first-order chi connectivity index (χ1) is 12.8. The van der Waals surface area contributed by atoms with Crippen molar-refractivity contribution in [3.8, 4) is 0 Å². The van der Waals surface area contributed by atoms with Crippen LogP contribution in [0.25, 0.3) is 0 Å². The van der Waals surface area contributed by atoms with Crippen LogP contribution in [0.15, 0.2) is 18.2 Å². The minimum Gasteiger partial charge on any atom is -0.277 e. The first-order valence-electron chi connectivity index (χ1n) is 6.62. The lowest BCUT2D eigenvalue weighted by Crippen LogP contribution is -2.37. The number of hydrogen-bond acceptors (Lipinski definition) is 12. The van der Waals surface area contributed by atoms with E-state index in [0.717, 1.165) is 18.2 Å². The number of rotatable bonds is 12. The molecule has 0 radical (unpaired) electrons. The van der Waals surface area contributed by atoms with Crippen molar-refractivity contribution in [1.29, 1.82) is 0 Å². The van der Waals surface area contributed by atoms with Crippen molar-refractivity contribution in [1.82, 2.24) is 0 Å². The Bertz CT molecular complexity index is 586. The molecule has 18 nitrogen and oxygen atoms in total. The van der Waals surface area contributed by atoms with Crippen LogP contribution in [0.4, 0.5) is 17.1 Å². The maximum Gasteiger partial charge on any atom is 0.202 e. The first-order valence-corrected chi connectivity index (χ1v) is 6.62. The van der Waals surface area contributed by atoms with Crippen molar-refractivity contribution < 1.29 is 29.6 Å². The molecule has 150 valence electrons. The van der Waals surface area contributed by atoms with Crippen molar-refractivity contribution >= 4 is 17.1 Å². The monoisotopic (exact) mass is 393 g/mol. The van der Waals surface area contributed by atoms with Gasteiger partial charge in [-0.3, -0.25) is 14.5 Å². The van der Waals surface area contributed by atoms with E-state index in [1.165, 1.54) is 0 Å². The highest BCUT2D eigenvalue weighted by Crippen LogP contribution is 2.30. The molecule has 0 saturated carbocycles. The van der Waals surface area contributed by atoms with Crippen LogP contribution in [0, 0.1) is 30.3 Å². The van der Waals surface area contributed by atoms with Crippen LogP contribution < -0.4 is 32.7 Å². The molecule has 1 aromatic carbocycles. The van der Waals surface area contributed by atoms with E-state index in [4.69, 9.17) is 17.7 Å². The maximum absolute atomic E-state index is 11.2. The molecule has 0 aliphatic rings. The zero-order chi connectivity index (χ0) is 20.6. The Morgan fingerprint density at radius 1 is 0.667 bits per heavy atom. The summed E-state index contributed by atoms with van der Waals surface area (Å²) >= 11 is 0. The molecule has 0 aliphatic heterocycles. The average molecular weight is 393 g/mol. The van der Waals surface area contributed by atoms with Gasteiger partial charge in [0.1, 0.15) is 17.1 Å². The summed E-state index contributed by atoms with van der Waals surface area (Å²) < 4.78 is 0. The van der Waals surface area contributed by atoms with Crippen LogP contribution in [0.1, 0.15) is 0 Å². The molecule has 1 aromatic rings. The molecule has 0 fully saturated rings. The fourth-order valence-corrected chi connectivity index (χ4v) is 1.89. The van der Waals surface area contributed by atoms with Crippen molar-refractivity contribution in [2.45, 2.75) is 0 Å². The highest BCUT2D eigenvalue weighted by molar-refractivity contribution is 5.67. The zero-order valence-corrected chi connectivity index (χ0v) is 13.4. The average Bonchev–Trinajstić information content (AvgIpc) is 2.60. The Balaban J connectivity index is 3.60. The van der Waals surface area contributed by atoms with E-state index in [9.17, 15) is 30.3 Å². The number of nitrogens with zero attached hydrogens (tertiary/aromatic N) is 6. The van der Waals surface area contributed by atoms with Gasteiger partial charge in [-0.25, -0.2) is 48.0 Å². The topological polar surface area (TPSA) is 245 Å². The SMILES string of the molecule is NOCN(c1cc(N(CON)[N+](=O)[O-])cc(N(CON)[N+](=O)[O-])c1)[N+](=O)[O-]. The van der Waals surface area contributed by atoms with Gasteiger partial charge in [0.05, 0.1) is 0 Å². The van der Waals surface area contributed by atoms with E-state index in [1.54, 1.807) is 0 Å². The normalized spacial score (nSPS) is 10.3. The molecule has 6 N–H and O–H groups in total. The van der Waals surface area contributed by atoms with Crippen molar-refractivity contribution in [3.63, 3.8) is 0 Å². The molecule has 0 bridgehead atoms. The minimum absolute atomic E-state index is 0.342. The molecule has 27 heavy (non-hydrogen) atoms. The number of hydrogen-bond donors (Lipinski definition) is 3. The van der Waals surface area contributed by atoms with E-state index >= 15 is 0 Å². The van der Waals surface area contributed by atoms with Crippen molar-refractivity contribution in [2.75, 3.05) is 35.2 Å². The summed E-state index contributed by atoms with van der Waals surface area (Å²) in [7, 11) is 0. The molecule has 0 spiro atoms. The summed E-state index contributed by atoms with van der Waals surface area (Å²) in [6.07, 6.45) is 0. The molecule has 0 aliphatic carbocycles. The second kappa shape index (κ2) is 9.91. The third-order valence-electron chi connectivity index (χ3n) is 2.96. The van der Waals surface area contributed by atoms with Gasteiger partial charge >= 0.3 is 0 Å². The molecule has 0 heterocycles. The Hall–Kier alpha value is -3.42. The number of anilines is 3. The molecular formula is C9H15N9O9. The summed E-state index contributed by atoms with van der Waals surface area (Å²) in [5.74, 6) is 14.5. The summed E-state index contributed by atoms with van der Waals surface area (Å²) in [5, 5.41) is 31.7. The van der Waals surface area contributed by atoms with Gasteiger partial charge < -0.3 is 0 Å². The van der Waals surface area contributed by atoms with Crippen LogP contribution in [0.2, 0.25) is 0 Å². The fourth-order valence-electron chi connectivity index (χ4n) is 1.89. The predicted molar refractivity (Wildman–Crippen MR) is 85.3 cm³/mol. The lowest BCUT2D eigenvalue weighted by Gasteiger charge is -2.20. The summed E-state index contributed by atoms with van der Waals surface area (Å²) in [5.41, 5.74) is -1.03. The molecule has 0 aromatic heterocycles. The van der Waals surface area contributed by atoms with Crippen molar-refractivity contribution in [3.05, 3.63) is 48.5 Å². The smallest absolute Gasteiger partial charge is 0.202 e. The van der Waals surface area contributed by atoms with Gasteiger partial charge in [0, 0.05) is 0 Å². The molecule has 0 amide bonds. The fraction of sp³-hybridized carbons (Fsp3) is 0.333. The lowest BCUT2D eigenvalue weighted by molar-refractivity contribution is -0.503. The maximum atomic E-state index is 11.2. The quantitative estimate of drug-likeness (QED) is 0.202. The minimum atomic E-state index is -0.943. The standard InChI is InChI=1S/C9H15N9O9/c10-25-4-13(16(19)20)7-1-8(14(5-26-11)17(21)22)3-9(2-7)15(6-27-12)18(23)24/h1-3H,4-6,10-12H2. The number of nitro groups is 3. The van der Waals surface area contributed by atoms with Crippen molar-refractivity contribution in [2.24, 2.45) is 17.7 Å². The molecule has 1 rings (SSSR count). The van der Waals surface area contributed by atoms with Gasteiger partial charge in [-0.15, -0.1) is 0 Å². The van der Waals surface area contributed by atoms with Crippen LogP contribution in [0.3, 0.4) is 0 Å². The second-order valence-corrected chi connectivity index (χ2v) is 4.51. The highest BCUT2D eigenvalue weighted by Gasteiger charge is 2.28. The predicted octanol–water partition coefficient (Wildman–Crippen LogP) is -1.78. The van der Waals surface area contributed by atoms with E-state index in [1.807, 2.05) is 0 Å². The van der Waals surface area contributed by atoms with Gasteiger partial charge in [0.2, 0.25) is 20.2 Å². The van der Waals surface area contributed by atoms with Gasteiger partial charge in [0.15, 0.2) is 15.1 Å².